The Balaban J connectivity index is 1.53. The van der Waals surface area contributed by atoms with Gasteiger partial charge >= 0.3 is 5.97 Å². The molecule has 5 atom stereocenters. The van der Waals surface area contributed by atoms with Crippen LogP contribution in [-0.2, 0) is 21.1 Å². The van der Waals surface area contributed by atoms with Crippen LogP contribution in [0.5, 0.6) is 0 Å². The maximum atomic E-state index is 14.3. The van der Waals surface area contributed by atoms with Crippen molar-refractivity contribution in [1.29, 1.82) is 0 Å². The van der Waals surface area contributed by atoms with Gasteiger partial charge in [0.25, 0.3) is 0 Å². The van der Waals surface area contributed by atoms with E-state index < -0.39 is 33.3 Å². The Morgan fingerprint density at radius 1 is 1.31 bits per heavy atom. The molecule has 2 aromatic rings. The Labute approximate surface area is 213 Å². The van der Waals surface area contributed by atoms with E-state index >= 15 is 0 Å². The Kier molecular flexibility index (Phi) is 6.32. The van der Waals surface area contributed by atoms with Gasteiger partial charge in [-0.15, -0.1) is 23.4 Å². The van der Waals surface area contributed by atoms with Crippen LogP contribution >= 0.6 is 11.8 Å². The number of nitrogens with zero attached hydrogens (tertiary/aromatic N) is 5. The summed E-state index contributed by atoms with van der Waals surface area (Å²) in [5, 5.41) is 27.8. The van der Waals surface area contributed by atoms with Gasteiger partial charge in [-0.2, -0.15) is 0 Å². The summed E-state index contributed by atoms with van der Waals surface area (Å²) in [6.45, 7) is 6.40. The Morgan fingerprint density at radius 2 is 2.08 bits per heavy atom. The maximum absolute atomic E-state index is 14.3. The fourth-order valence-corrected chi connectivity index (χ4v) is 8.79. The topological polar surface area (TPSA) is 129 Å². The molecule has 192 valence electrons. The summed E-state index contributed by atoms with van der Waals surface area (Å²) in [5.41, 5.74) is 1.50. The number of aromatic nitrogens is 3. The molecule has 2 amide bonds. The van der Waals surface area contributed by atoms with Crippen LogP contribution in [-0.4, -0.2) is 88.0 Å². The third-order valence-electron chi connectivity index (χ3n) is 7.97. The summed E-state index contributed by atoms with van der Waals surface area (Å²) < 4.78 is 0.266. The van der Waals surface area contributed by atoms with Crippen molar-refractivity contribution >= 4 is 40.6 Å². The number of hydrogen-bond acceptors (Lipinski definition) is 7. The molecule has 1 aromatic carbocycles. The second-order valence-electron chi connectivity index (χ2n) is 10.1. The Bertz CT molecular complexity index is 1220. The molecule has 0 aliphatic carbocycles. The number of carbonyl (C=O) groups is 3. The highest BCUT2D eigenvalue weighted by atomic mass is 32.2. The van der Waals surface area contributed by atoms with Crippen molar-refractivity contribution in [2.24, 2.45) is 11.8 Å². The summed E-state index contributed by atoms with van der Waals surface area (Å²) in [7, 11) is 0. The molecule has 3 aliphatic rings. The number of likely N-dealkylation sites (tertiary alicyclic amines) is 1. The molecule has 36 heavy (non-hydrogen) atoms. The van der Waals surface area contributed by atoms with Crippen LogP contribution in [0.4, 0.5) is 0 Å². The minimum Gasteiger partial charge on any atom is -0.481 e. The van der Waals surface area contributed by atoms with E-state index in [-0.39, 0.29) is 31.6 Å². The smallest absolute Gasteiger partial charge is 0.308 e. The first-order valence-corrected chi connectivity index (χ1v) is 13.1. The second kappa shape index (κ2) is 9.19. The summed E-state index contributed by atoms with van der Waals surface area (Å²) in [4.78, 5) is 43.6. The van der Waals surface area contributed by atoms with Gasteiger partial charge < -0.3 is 20.0 Å². The Hall–Kier alpha value is -2.92. The fourth-order valence-electron chi connectivity index (χ4n) is 6.45. The van der Waals surface area contributed by atoms with E-state index in [2.05, 4.69) is 16.9 Å². The number of carboxylic acid groups (broad SMARTS) is 1. The maximum Gasteiger partial charge on any atom is 0.308 e. The van der Waals surface area contributed by atoms with Gasteiger partial charge in [-0.25, -0.2) is 4.68 Å². The van der Waals surface area contributed by atoms with Crippen molar-refractivity contribution in [3.63, 3.8) is 0 Å². The van der Waals surface area contributed by atoms with E-state index in [0.29, 0.717) is 37.7 Å². The number of rotatable bonds is 10. The third kappa shape index (κ3) is 3.62. The largest absolute Gasteiger partial charge is 0.481 e. The number of unbranched alkanes of at least 4 members (excludes halogenated alkanes) is 1. The van der Waals surface area contributed by atoms with Gasteiger partial charge in [-0.3, -0.25) is 14.4 Å². The molecule has 0 saturated carbocycles. The molecule has 0 radical (unpaired) electrons. The van der Waals surface area contributed by atoms with Crippen molar-refractivity contribution in [3.8, 4) is 0 Å². The highest BCUT2D eigenvalue weighted by Crippen LogP contribution is 2.71. The van der Waals surface area contributed by atoms with E-state index in [4.69, 9.17) is 0 Å². The summed E-state index contributed by atoms with van der Waals surface area (Å²) in [5.74, 6) is -3.07. The number of carboxylic acids is 1. The van der Waals surface area contributed by atoms with Crippen LogP contribution in [0.1, 0.15) is 32.6 Å². The number of benzene rings is 1. The lowest BCUT2D eigenvalue weighted by Gasteiger charge is -2.37. The number of aliphatic hydroxyl groups is 1. The normalized spacial score (nSPS) is 30.7. The van der Waals surface area contributed by atoms with E-state index in [9.17, 15) is 24.6 Å². The van der Waals surface area contributed by atoms with Gasteiger partial charge in [0.1, 0.15) is 18.2 Å². The highest BCUT2D eigenvalue weighted by Gasteiger charge is 2.77. The van der Waals surface area contributed by atoms with E-state index in [1.165, 1.54) is 11.8 Å². The molecule has 10 nitrogen and oxygen atoms in total. The minimum absolute atomic E-state index is 0.0122. The number of thioether (sulfide) groups is 1. The molecule has 5 rings (SSSR count). The number of aliphatic hydroxyl groups excluding tert-OH is 1. The molecule has 3 saturated heterocycles. The van der Waals surface area contributed by atoms with Gasteiger partial charge in [-0.1, -0.05) is 23.4 Å². The minimum atomic E-state index is -0.981. The molecule has 3 fully saturated rings. The number of aliphatic carboxylic acids is 1. The number of carbonyl (C=O) groups excluding carboxylic acids is 2. The van der Waals surface area contributed by atoms with E-state index in [1.807, 2.05) is 31.2 Å². The lowest BCUT2D eigenvalue weighted by molar-refractivity contribution is -0.150. The first kappa shape index (κ1) is 24.8. The van der Waals surface area contributed by atoms with Gasteiger partial charge in [-0.05, 0) is 44.7 Å². The summed E-state index contributed by atoms with van der Waals surface area (Å²) >= 11 is 1.52. The number of hydrogen-bond donors (Lipinski definition) is 2. The van der Waals surface area contributed by atoms with Gasteiger partial charge in [0.2, 0.25) is 11.8 Å². The van der Waals surface area contributed by atoms with Crippen LogP contribution < -0.4 is 0 Å². The Morgan fingerprint density at radius 3 is 2.81 bits per heavy atom. The predicted octanol–water partition coefficient (Wildman–Crippen LogP) is 1.74. The molecule has 3 aliphatic heterocycles. The average Bonchev–Trinajstić information content (AvgIpc) is 3.55. The summed E-state index contributed by atoms with van der Waals surface area (Å²) in [6.07, 6.45) is 3.91. The quantitative estimate of drug-likeness (QED) is 0.363. The lowest BCUT2D eigenvalue weighted by Crippen LogP contribution is -2.55. The second-order valence-corrected chi connectivity index (χ2v) is 12.0. The van der Waals surface area contributed by atoms with Crippen LogP contribution in [0.15, 0.2) is 36.9 Å². The number of para-hydroxylation sites is 1. The number of fused-ring (bicyclic) bond motifs is 2. The van der Waals surface area contributed by atoms with Crippen molar-refractivity contribution < 1.29 is 24.6 Å². The molecular weight excluding hydrogens is 482 g/mol. The van der Waals surface area contributed by atoms with Crippen molar-refractivity contribution in [2.45, 2.75) is 54.8 Å². The molecule has 1 spiro atoms. The van der Waals surface area contributed by atoms with Crippen LogP contribution in [0.2, 0.25) is 0 Å². The van der Waals surface area contributed by atoms with Crippen molar-refractivity contribution in [1.82, 2.24) is 24.8 Å². The average molecular weight is 514 g/mol. The van der Waals surface area contributed by atoms with Gasteiger partial charge in [0, 0.05) is 24.4 Å². The van der Waals surface area contributed by atoms with Crippen molar-refractivity contribution in [2.75, 3.05) is 19.7 Å². The van der Waals surface area contributed by atoms with Gasteiger partial charge in [0.05, 0.1) is 22.1 Å². The highest BCUT2D eigenvalue weighted by molar-refractivity contribution is 8.02. The van der Waals surface area contributed by atoms with E-state index in [0.717, 1.165) is 5.52 Å². The van der Waals surface area contributed by atoms with Gasteiger partial charge in [0.15, 0.2) is 0 Å². The van der Waals surface area contributed by atoms with Crippen molar-refractivity contribution in [3.05, 3.63) is 36.9 Å². The molecule has 2 unspecified atom stereocenters. The third-order valence-corrected chi connectivity index (χ3v) is 9.96. The van der Waals surface area contributed by atoms with E-state index in [1.54, 1.807) is 20.6 Å². The standard InChI is InChI=1S/C25H31N5O5S/c1-3-12-28(15-30-17-9-5-4-8-16(17)26-27-30)22(33)20-25-11-10-24(2,36-25)19(23(34)35)18(25)21(32)29(20)13-6-7-14-31/h3-5,8-9,18-20,31H,1,6-7,10-15H2,2H3,(H,34,35)/t18-,19+,20?,24-,25?/m0/s1. The van der Waals surface area contributed by atoms with Crippen LogP contribution in [0.25, 0.3) is 11.0 Å². The lowest BCUT2D eigenvalue weighted by atomic mass is 9.66. The predicted molar refractivity (Wildman–Crippen MR) is 134 cm³/mol. The zero-order chi connectivity index (χ0) is 25.7. The molecule has 1 aromatic heterocycles. The molecule has 4 heterocycles. The SMILES string of the molecule is C=CCN(Cn1nnc2ccccc21)C(=O)C1N(CCCCO)C(=O)[C@@H]2[C@H](C(=O)O)[C@]3(C)CCC12S3. The molecular formula is C25H31N5O5S. The van der Waals surface area contributed by atoms with Crippen LogP contribution in [0.3, 0.4) is 0 Å². The number of amides is 2. The van der Waals surface area contributed by atoms with Crippen LogP contribution in [0, 0.1) is 11.8 Å². The zero-order valence-electron chi connectivity index (χ0n) is 20.2. The molecule has 2 bridgehead atoms. The molecule has 2 N–H and O–H groups in total. The first-order valence-electron chi connectivity index (χ1n) is 12.3. The molecule has 11 heteroatoms. The first-order chi connectivity index (χ1) is 17.3. The fraction of sp³-hybridized carbons (Fsp3) is 0.560. The zero-order valence-corrected chi connectivity index (χ0v) is 21.1. The summed E-state index contributed by atoms with van der Waals surface area (Å²) in [6, 6.07) is 6.69. The monoisotopic (exact) mass is 513 g/mol.